The van der Waals surface area contributed by atoms with Crippen molar-refractivity contribution in [3.63, 3.8) is 0 Å². The molecule has 0 bridgehead atoms. The zero-order valence-corrected chi connectivity index (χ0v) is 16.1. The van der Waals surface area contributed by atoms with Gasteiger partial charge in [-0.2, -0.15) is 5.26 Å². The van der Waals surface area contributed by atoms with Gasteiger partial charge in [-0.1, -0.05) is 42.1 Å². The first kappa shape index (κ1) is 19.0. The van der Waals surface area contributed by atoms with E-state index in [1.807, 2.05) is 65.1 Å². The molecule has 2 aromatic rings. The Morgan fingerprint density at radius 3 is 2.48 bits per heavy atom. The third-order valence-corrected chi connectivity index (χ3v) is 5.62. The number of carbonyl (C=O) groups excluding carboxylic acids is 1. The van der Waals surface area contributed by atoms with Crippen LogP contribution in [0.25, 0.3) is 0 Å². The molecule has 1 heterocycles. The number of aromatic nitrogens is 1. The molecule has 0 N–H and O–H groups in total. The highest BCUT2D eigenvalue weighted by Crippen LogP contribution is 2.27. The van der Waals surface area contributed by atoms with Crippen LogP contribution in [0.15, 0.2) is 35.4 Å². The van der Waals surface area contributed by atoms with Gasteiger partial charge in [0.15, 0.2) is 0 Å². The molecule has 0 aliphatic rings. The van der Waals surface area contributed by atoms with Crippen LogP contribution in [-0.4, -0.2) is 28.6 Å². The standard InChI is InChI=1S/C20H23N3OS/c1-13-14(2)18(11-21)20(22-15(13)3)25-12-19(24)23(5)16(4)17-9-7-6-8-10-17/h6-10,16H,12H2,1-5H3/t16-/m0/s1. The molecule has 0 aliphatic carbocycles. The van der Waals surface area contributed by atoms with Gasteiger partial charge in [-0.15, -0.1) is 0 Å². The second kappa shape index (κ2) is 8.17. The second-order valence-electron chi connectivity index (χ2n) is 6.12. The van der Waals surface area contributed by atoms with Crippen LogP contribution >= 0.6 is 11.8 Å². The maximum atomic E-state index is 12.6. The number of carbonyl (C=O) groups is 1. The molecule has 1 aromatic heterocycles. The Balaban J connectivity index is 2.11. The number of pyridine rings is 1. The highest BCUT2D eigenvalue weighted by atomic mass is 32.2. The van der Waals surface area contributed by atoms with Gasteiger partial charge in [-0.25, -0.2) is 4.98 Å². The topological polar surface area (TPSA) is 57.0 Å². The van der Waals surface area contributed by atoms with Crippen LogP contribution < -0.4 is 0 Å². The van der Waals surface area contributed by atoms with Crippen molar-refractivity contribution in [2.45, 2.75) is 38.8 Å². The van der Waals surface area contributed by atoms with E-state index in [1.165, 1.54) is 11.8 Å². The number of hydrogen-bond donors (Lipinski definition) is 0. The second-order valence-corrected chi connectivity index (χ2v) is 7.08. The van der Waals surface area contributed by atoms with Crippen LogP contribution in [0.4, 0.5) is 0 Å². The van der Waals surface area contributed by atoms with E-state index in [9.17, 15) is 10.1 Å². The van der Waals surface area contributed by atoms with Crippen molar-refractivity contribution in [1.29, 1.82) is 5.26 Å². The minimum atomic E-state index is -0.000753. The van der Waals surface area contributed by atoms with Crippen molar-refractivity contribution < 1.29 is 4.79 Å². The Hall–Kier alpha value is -2.32. The summed E-state index contributed by atoms with van der Waals surface area (Å²) in [5, 5.41) is 10.1. The van der Waals surface area contributed by atoms with Crippen LogP contribution in [0.2, 0.25) is 0 Å². The van der Waals surface area contributed by atoms with Crippen molar-refractivity contribution in [1.82, 2.24) is 9.88 Å². The Bertz CT molecular complexity index is 812. The molecule has 130 valence electrons. The summed E-state index contributed by atoms with van der Waals surface area (Å²) < 4.78 is 0. The van der Waals surface area contributed by atoms with Gasteiger partial charge in [-0.3, -0.25) is 4.79 Å². The lowest BCUT2D eigenvalue weighted by Gasteiger charge is -2.25. The summed E-state index contributed by atoms with van der Waals surface area (Å²) in [6.07, 6.45) is 0. The summed E-state index contributed by atoms with van der Waals surface area (Å²) in [5.74, 6) is 0.278. The zero-order chi connectivity index (χ0) is 18.6. The van der Waals surface area contributed by atoms with E-state index in [0.29, 0.717) is 10.6 Å². The largest absolute Gasteiger partial charge is 0.338 e. The van der Waals surface area contributed by atoms with Crippen molar-refractivity contribution in [3.05, 3.63) is 58.3 Å². The monoisotopic (exact) mass is 353 g/mol. The van der Waals surface area contributed by atoms with Gasteiger partial charge in [-0.05, 0) is 44.4 Å². The maximum Gasteiger partial charge on any atom is 0.233 e. The minimum Gasteiger partial charge on any atom is -0.338 e. The fourth-order valence-electron chi connectivity index (χ4n) is 2.55. The number of hydrogen-bond acceptors (Lipinski definition) is 4. The lowest BCUT2D eigenvalue weighted by molar-refractivity contribution is -0.128. The number of amides is 1. The van der Waals surface area contributed by atoms with Crippen molar-refractivity contribution in [3.8, 4) is 6.07 Å². The van der Waals surface area contributed by atoms with Crippen molar-refractivity contribution in [2.75, 3.05) is 12.8 Å². The SMILES string of the molecule is Cc1nc(SCC(=O)N(C)[C@@H](C)c2ccccc2)c(C#N)c(C)c1C. The lowest BCUT2D eigenvalue weighted by atomic mass is 10.1. The summed E-state index contributed by atoms with van der Waals surface area (Å²) in [6.45, 7) is 7.83. The molecule has 1 aromatic carbocycles. The summed E-state index contributed by atoms with van der Waals surface area (Å²) in [6, 6.07) is 12.2. The summed E-state index contributed by atoms with van der Waals surface area (Å²) in [4.78, 5) is 18.8. The molecule has 0 unspecified atom stereocenters. The number of rotatable bonds is 5. The number of nitrogens with zero attached hydrogens (tertiary/aromatic N) is 3. The van der Waals surface area contributed by atoms with Gasteiger partial charge in [0, 0.05) is 12.7 Å². The predicted molar refractivity (Wildman–Crippen MR) is 102 cm³/mol. The smallest absolute Gasteiger partial charge is 0.233 e. The molecule has 5 heteroatoms. The third-order valence-electron chi connectivity index (χ3n) is 4.66. The Kier molecular flexibility index (Phi) is 6.22. The molecular weight excluding hydrogens is 330 g/mol. The van der Waals surface area contributed by atoms with Crippen LogP contribution in [0, 0.1) is 32.1 Å². The molecule has 0 spiro atoms. The molecule has 1 atom stereocenters. The number of nitriles is 1. The molecule has 0 radical (unpaired) electrons. The summed E-state index contributed by atoms with van der Waals surface area (Å²) in [5.41, 5.74) is 4.54. The van der Waals surface area contributed by atoms with Gasteiger partial charge in [0.05, 0.1) is 17.4 Å². The molecule has 1 amide bonds. The Morgan fingerprint density at radius 2 is 1.88 bits per heavy atom. The molecule has 25 heavy (non-hydrogen) atoms. The summed E-state index contributed by atoms with van der Waals surface area (Å²) in [7, 11) is 1.81. The zero-order valence-electron chi connectivity index (χ0n) is 15.3. The first-order valence-electron chi connectivity index (χ1n) is 8.18. The van der Waals surface area contributed by atoms with Crippen LogP contribution in [0.3, 0.4) is 0 Å². The summed E-state index contributed by atoms with van der Waals surface area (Å²) >= 11 is 1.33. The van der Waals surface area contributed by atoms with Gasteiger partial charge in [0.1, 0.15) is 11.1 Å². The van der Waals surface area contributed by atoms with Gasteiger partial charge in [0.2, 0.25) is 5.91 Å². The molecule has 4 nitrogen and oxygen atoms in total. The van der Waals surface area contributed by atoms with Crippen LogP contribution in [-0.2, 0) is 4.79 Å². The van der Waals surface area contributed by atoms with Crippen molar-refractivity contribution in [2.24, 2.45) is 0 Å². The van der Waals surface area contributed by atoms with E-state index < -0.39 is 0 Å². The van der Waals surface area contributed by atoms with E-state index in [-0.39, 0.29) is 17.7 Å². The van der Waals surface area contributed by atoms with E-state index in [4.69, 9.17) is 0 Å². The quantitative estimate of drug-likeness (QED) is 0.756. The molecule has 0 aliphatic heterocycles. The fraction of sp³-hybridized carbons (Fsp3) is 0.350. The third kappa shape index (κ3) is 4.21. The maximum absolute atomic E-state index is 12.6. The van der Waals surface area contributed by atoms with Crippen LogP contribution in [0.5, 0.6) is 0 Å². The van der Waals surface area contributed by atoms with Crippen LogP contribution in [0.1, 0.15) is 40.9 Å². The van der Waals surface area contributed by atoms with E-state index in [2.05, 4.69) is 11.1 Å². The highest BCUT2D eigenvalue weighted by Gasteiger charge is 2.19. The molecule has 0 fully saturated rings. The fourth-order valence-corrected chi connectivity index (χ4v) is 3.56. The van der Waals surface area contributed by atoms with E-state index in [0.717, 1.165) is 22.4 Å². The molecule has 0 saturated heterocycles. The first-order valence-corrected chi connectivity index (χ1v) is 9.16. The molecular formula is C20H23N3OS. The van der Waals surface area contributed by atoms with Gasteiger partial charge >= 0.3 is 0 Å². The lowest BCUT2D eigenvalue weighted by Crippen LogP contribution is -2.31. The number of aryl methyl sites for hydroxylation is 1. The average Bonchev–Trinajstić information content (AvgIpc) is 2.63. The highest BCUT2D eigenvalue weighted by molar-refractivity contribution is 8.00. The average molecular weight is 353 g/mol. The van der Waals surface area contributed by atoms with Gasteiger partial charge in [0.25, 0.3) is 0 Å². The van der Waals surface area contributed by atoms with Gasteiger partial charge < -0.3 is 4.90 Å². The van der Waals surface area contributed by atoms with E-state index in [1.54, 1.807) is 4.90 Å². The Morgan fingerprint density at radius 1 is 1.24 bits per heavy atom. The first-order chi connectivity index (χ1) is 11.9. The predicted octanol–water partition coefficient (Wildman–Crippen LogP) is 4.19. The minimum absolute atomic E-state index is 0.000753. The Labute approximate surface area is 153 Å². The number of thioether (sulfide) groups is 1. The van der Waals surface area contributed by atoms with Crippen molar-refractivity contribution >= 4 is 17.7 Å². The number of benzene rings is 1. The van der Waals surface area contributed by atoms with E-state index >= 15 is 0 Å². The normalized spacial score (nSPS) is 11.7. The molecule has 2 rings (SSSR count). The molecule has 0 saturated carbocycles.